The van der Waals surface area contributed by atoms with Crippen molar-refractivity contribution in [2.24, 2.45) is 0 Å². The zero-order chi connectivity index (χ0) is 12.6. The summed E-state index contributed by atoms with van der Waals surface area (Å²) >= 11 is 0. The van der Waals surface area contributed by atoms with Crippen molar-refractivity contribution < 1.29 is 0 Å². The van der Waals surface area contributed by atoms with Crippen LogP contribution in [0.1, 0.15) is 31.2 Å². The monoisotopic (exact) mass is 241 g/mol. The van der Waals surface area contributed by atoms with Gasteiger partial charge in [-0.1, -0.05) is 54.1 Å². The van der Waals surface area contributed by atoms with Crippen LogP contribution in [0.15, 0.2) is 54.1 Å². The van der Waals surface area contributed by atoms with E-state index in [0.29, 0.717) is 0 Å². The summed E-state index contributed by atoms with van der Waals surface area (Å²) in [5, 5.41) is 0. The van der Waals surface area contributed by atoms with Gasteiger partial charge in [-0.05, 0) is 38.3 Å². The highest BCUT2D eigenvalue weighted by molar-refractivity contribution is 5.20. The smallest absolute Gasteiger partial charge is 0.0233 e. The van der Waals surface area contributed by atoms with Crippen molar-refractivity contribution in [3.05, 3.63) is 59.7 Å². The maximum Gasteiger partial charge on any atom is 0.0233 e. The molecule has 0 amide bonds. The average Bonchev–Trinajstić information content (AvgIpc) is 2.41. The van der Waals surface area contributed by atoms with Gasteiger partial charge in [0.25, 0.3) is 0 Å². The molecular weight excluding hydrogens is 218 g/mol. The van der Waals surface area contributed by atoms with E-state index in [0.717, 1.165) is 13.1 Å². The highest BCUT2D eigenvalue weighted by Gasteiger charge is 2.00. The highest BCUT2D eigenvalue weighted by atomic mass is 15.1. The third-order valence-corrected chi connectivity index (χ3v) is 3.37. The highest BCUT2D eigenvalue weighted by Crippen LogP contribution is 2.18. The van der Waals surface area contributed by atoms with Crippen molar-refractivity contribution in [3.8, 4) is 0 Å². The summed E-state index contributed by atoms with van der Waals surface area (Å²) in [4.78, 5) is 2.34. The van der Waals surface area contributed by atoms with Gasteiger partial charge in [0.15, 0.2) is 0 Å². The first-order valence-electron chi connectivity index (χ1n) is 6.92. The van der Waals surface area contributed by atoms with Gasteiger partial charge >= 0.3 is 0 Å². The Bertz CT molecular complexity index is 403. The van der Waals surface area contributed by atoms with Crippen molar-refractivity contribution in [2.75, 3.05) is 13.6 Å². The summed E-state index contributed by atoms with van der Waals surface area (Å²) in [6.07, 6.45) is 12.2. The molecule has 0 heterocycles. The van der Waals surface area contributed by atoms with E-state index in [1.807, 2.05) is 0 Å². The van der Waals surface area contributed by atoms with Gasteiger partial charge in [0.1, 0.15) is 0 Å². The second-order valence-electron chi connectivity index (χ2n) is 5.11. The molecule has 18 heavy (non-hydrogen) atoms. The van der Waals surface area contributed by atoms with E-state index in [4.69, 9.17) is 0 Å². The van der Waals surface area contributed by atoms with E-state index >= 15 is 0 Å². The molecule has 1 aliphatic carbocycles. The maximum absolute atomic E-state index is 2.39. The number of allylic oxidation sites excluding steroid dienone is 3. The van der Waals surface area contributed by atoms with Crippen molar-refractivity contribution in [3.63, 3.8) is 0 Å². The van der Waals surface area contributed by atoms with Crippen LogP contribution in [-0.2, 0) is 6.54 Å². The molecule has 0 spiro atoms. The second kappa shape index (κ2) is 7.17. The van der Waals surface area contributed by atoms with E-state index in [2.05, 4.69) is 60.5 Å². The fourth-order valence-corrected chi connectivity index (χ4v) is 2.36. The van der Waals surface area contributed by atoms with Crippen LogP contribution in [0.4, 0.5) is 0 Å². The van der Waals surface area contributed by atoms with Crippen LogP contribution in [0.3, 0.4) is 0 Å². The number of hydrogen-bond donors (Lipinski definition) is 0. The summed E-state index contributed by atoms with van der Waals surface area (Å²) in [5.41, 5.74) is 2.90. The Morgan fingerprint density at radius 2 is 2.00 bits per heavy atom. The topological polar surface area (TPSA) is 3.24 Å². The summed E-state index contributed by atoms with van der Waals surface area (Å²) < 4.78 is 0. The molecular formula is C17H23N. The molecule has 0 aliphatic heterocycles. The molecule has 1 heteroatoms. The fraction of sp³-hybridized carbons (Fsp3) is 0.412. The van der Waals surface area contributed by atoms with Crippen LogP contribution in [0, 0.1) is 0 Å². The average molecular weight is 241 g/mol. The predicted molar refractivity (Wildman–Crippen MR) is 78.5 cm³/mol. The maximum atomic E-state index is 2.39. The Hall–Kier alpha value is -1.34. The van der Waals surface area contributed by atoms with Crippen LogP contribution >= 0.6 is 0 Å². The van der Waals surface area contributed by atoms with Crippen LogP contribution in [0.25, 0.3) is 0 Å². The first-order chi connectivity index (χ1) is 8.84. The number of benzene rings is 1. The van der Waals surface area contributed by atoms with Crippen LogP contribution < -0.4 is 0 Å². The molecule has 0 atom stereocenters. The van der Waals surface area contributed by atoms with Gasteiger partial charge in [-0.15, -0.1) is 0 Å². The Kier molecular flexibility index (Phi) is 5.22. The number of rotatable bonds is 5. The van der Waals surface area contributed by atoms with Crippen LogP contribution in [0.5, 0.6) is 0 Å². The minimum atomic E-state index is 1.02. The van der Waals surface area contributed by atoms with E-state index in [1.54, 1.807) is 0 Å². The van der Waals surface area contributed by atoms with Crippen LogP contribution in [-0.4, -0.2) is 18.5 Å². The van der Waals surface area contributed by atoms with Crippen molar-refractivity contribution in [1.82, 2.24) is 4.90 Å². The summed E-state index contributed by atoms with van der Waals surface area (Å²) in [6.45, 7) is 2.04. The SMILES string of the molecule is CN(C/C=C/C1=CCCCC1)Cc1ccccc1. The Labute approximate surface area is 111 Å². The molecule has 0 radical (unpaired) electrons. The van der Waals surface area contributed by atoms with E-state index < -0.39 is 0 Å². The molecule has 0 aromatic heterocycles. The summed E-state index contributed by atoms with van der Waals surface area (Å²) in [6, 6.07) is 10.6. The number of likely N-dealkylation sites (N-methyl/N-ethyl adjacent to an activating group) is 1. The normalized spacial score (nSPS) is 16.2. The lowest BCUT2D eigenvalue weighted by Crippen LogP contribution is -2.17. The number of nitrogens with zero attached hydrogens (tertiary/aromatic N) is 1. The summed E-state index contributed by atoms with van der Waals surface area (Å²) in [5.74, 6) is 0. The van der Waals surface area contributed by atoms with Gasteiger partial charge < -0.3 is 0 Å². The van der Waals surface area contributed by atoms with Gasteiger partial charge in [-0.25, -0.2) is 0 Å². The van der Waals surface area contributed by atoms with Gasteiger partial charge in [0, 0.05) is 13.1 Å². The second-order valence-corrected chi connectivity index (χ2v) is 5.11. The first kappa shape index (κ1) is 13.1. The molecule has 1 nitrogen and oxygen atoms in total. The van der Waals surface area contributed by atoms with Crippen LogP contribution in [0.2, 0.25) is 0 Å². The quantitative estimate of drug-likeness (QED) is 0.747. The van der Waals surface area contributed by atoms with Crippen molar-refractivity contribution in [1.29, 1.82) is 0 Å². The molecule has 0 unspecified atom stereocenters. The first-order valence-corrected chi connectivity index (χ1v) is 6.92. The fourth-order valence-electron chi connectivity index (χ4n) is 2.36. The van der Waals surface area contributed by atoms with Crippen molar-refractivity contribution in [2.45, 2.75) is 32.2 Å². The van der Waals surface area contributed by atoms with Crippen molar-refractivity contribution >= 4 is 0 Å². The predicted octanol–water partition coefficient (Wildman–Crippen LogP) is 4.18. The molecule has 96 valence electrons. The molecule has 2 rings (SSSR count). The third kappa shape index (κ3) is 4.50. The van der Waals surface area contributed by atoms with E-state index in [-0.39, 0.29) is 0 Å². The molecule has 0 bridgehead atoms. The van der Waals surface area contributed by atoms with Gasteiger partial charge in [-0.2, -0.15) is 0 Å². The standard InChI is InChI=1S/C17H23N/c1-18(15-17-11-6-3-7-12-17)14-8-13-16-9-4-2-5-10-16/h3,6-9,11-13H,2,4-5,10,14-15H2,1H3/b13-8+. The molecule has 0 saturated heterocycles. The largest absolute Gasteiger partial charge is 0.298 e. The van der Waals surface area contributed by atoms with Gasteiger partial charge in [-0.3, -0.25) is 4.90 Å². The minimum Gasteiger partial charge on any atom is -0.298 e. The molecule has 1 aliphatic rings. The Morgan fingerprint density at radius 3 is 2.72 bits per heavy atom. The molecule has 1 aromatic carbocycles. The Balaban J connectivity index is 1.76. The lowest BCUT2D eigenvalue weighted by atomic mass is 9.99. The zero-order valence-corrected chi connectivity index (χ0v) is 11.3. The molecule has 0 N–H and O–H groups in total. The zero-order valence-electron chi connectivity index (χ0n) is 11.3. The summed E-state index contributed by atoms with van der Waals surface area (Å²) in [7, 11) is 2.17. The van der Waals surface area contributed by atoms with Gasteiger partial charge in [0.2, 0.25) is 0 Å². The minimum absolute atomic E-state index is 1.02. The molecule has 0 saturated carbocycles. The van der Waals surface area contributed by atoms with E-state index in [1.165, 1.54) is 36.8 Å². The number of hydrogen-bond acceptors (Lipinski definition) is 1. The lowest BCUT2D eigenvalue weighted by Gasteiger charge is -2.14. The Morgan fingerprint density at radius 1 is 1.17 bits per heavy atom. The van der Waals surface area contributed by atoms with E-state index in [9.17, 15) is 0 Å². The third-order valence-electron chi connectivity index (χ3n) is 3.37. The lowest BCUT2D eigenvalue weighted by molar-refractivity contribution is 0.363. The van der Waals surface area contributed by atoms with Gasteiger partial charge in [0.05, 0.1) is 0 Å². The molecule has 0 fully saturated rings. The molecule has 1 aromatic rings.